The van der Waals surface area contributed by atoms with E-state index in [-0.39, 0.29) is 6.04 Å². The van der Waals surface area contributed by atoms with E-state index in [4.69, 9.17) is 4.74 Å². The van der Waals surface area contributed by atoms with Gasteiger partial charge in [0.05, 0.1) is 7.11 Å². The summed E-state index contributed by atoms with van der Waals surface area (Å²) in [5, 5.41) is 3.27. The number of methoxy groups -OCH3 is 1. The van der Waals surface area contributed by atoms with Crippen LogP contribution in [0.1, 0.15) is 12.8 Å². The van der Waals surface area contributed by atoms with Crippen LogP contribution < -0.4 is 10.1 Å². The summed E-state index contributed by atoms with van der Waals surface area (Å²) in [7, 11) is 1.31. The Labute approximate surface area is 125 Å². The first-order valence-electron chi connectivity index (χ1n) is 6.74. The lowest BCUT2D eigenvalue weighted by Gasteiger charge is -2.33. The molecule has 1 aromatic heterocycles. The summed E-state index contributed by atoms with van der Waals surface area (Å²) < 4.78 is 32.0. The van der Waals surface area contributed by atoms with Crippen molar-refractivity contribution in [2.24, 2.45) is 0 Å². The Morgan fingerprint density at radius 2 is 1.90 bits per heavy atom. The van der Waals surface area contributed by atoms with Crippen molar-refractivity contribution in [1.29, 1.82) is 0 Å². The summed E-state index contributed by atoms with van der Waals surface area (Å²) in [6.07, 6.45) is 4.59. The summed E-state index contributed by atoms with van der Waals surface area (Å²) in [6.45, 7) is 0.974. The van der Waals surface area contributed by atoms with Gasteiger partial charge in [-0.1, -0.05) is 0 Å². The van der Waals surface area contributed by atoms with Crippen molar-refractivity contribution < 1.29 is 13.2 Å². The van der Waals surface area contributed by atoms with Gasteiger partial charge >= 0.3 is 0 Å². The molecular weight excluding hydrogens is 294 g/mol. The molecule has 1 saturated heterocycles. The number of hydrogen-bond donors (Lipinski definition) is 1. The smallest absolute Gasteiger partial charge is 0.281 e. The minimum Gasteiger partial charge on any atom is -0.478 e. The Kier molecular flexibility index (Phi) is 4.96. The lowest BCUT2D eigenvalue weighted by atomic mass is 10.1. The SMILES string of the molecule is COc1nccnc1NC1CCN(S(=O)(=O)N(C)C)CC1. The van der Waals surface area contributed by atoms with E-state index in [0.717, 1.165) is 0 Å². The molecule has 0 radical (unpaired) electrons. The molecule has 8 nitrogen and oxygen atoms in total. The van der Waals surface area contributed by atoms with Crippen LogP contribution in [0.25, 0.3) is 0 Å². The van der Waals surface area contributed by atoms with E-state index in [2.05, 4.69) is 15.3 Å². The molecule has 0 atom stereocenters. The van der Waals surface area contributed by atoms with Crippen molar-refractivity contribution in [3.63, 3.8) is 0 Å². The summed E-state index contributed by atoms with van der Waals surface area (Å²) >= 11 is 0. The van der Waals surface area contributed by atoms with Crippen molar-refractivity contribution >= 4 is 16.0 Å². The number of nitrogens with zero attached hydrogens (tertiary/aromatic N) is 4. The lowest BCUT2D eigenvalue weighted by Crippen LogP contribution is -2.46. The average molecular weight is 315 g/mol. The summed E-state index contributed by atoms with van der Waals surface area (Å²) in [5.74, 6) is 1.04. The Balaban J connectivity index is 1.96. The molecule has 0 bridgehead atoms. The molecule has 1 aromatic rings. The van der Waals surface area contributed by atoms with Gasteiger partial charge in [-0.15, -0.1) is 0 Å². The Morgan fingerprint density at radius 3 is 2.48 bits per heavy atom. The van der Waals surface area contributed by atoms with Gasteiger partial charge in [-0.3, -0.25) is 0 Å². The number of anilines is 1. The molecule has 2 heterocycles. The number of rotatable bonds is 5. The molecule has 1 fully saturated rings. The van der Waals surface area contributed by atoms with Crippen LogP contribution in [0.5, 0.6) is 5.88 Å². The van der Waals surface area contributed by atoms with E-state index in [0.29, 0.717) is 37.6 Å². The third-order valence-electron chi connectivity index (χ3n) is 3.44. The number of aromatic nitrogens is 2. The van der Waals surface area contributed by atoms with Gasteiger partial charge in [-0.05, 0) is 12.8 Å². The highest BCUT2D eigenvalue weighted by Gasteiger charge is 2.29. The van der Waals surface area contributed by atoms with Crippen molar-refractivity contribution in [2.75, 3.05) is 39.6 Å². The van der Waals surface area contributed by atoms with Gasteiger partial charge in [-0.2, -0.15) is 17.0 Å². The summed E-state index contributed by atoms with van der Waals surface area (Å²) in [6, 6.07) is 0.157. The van der Waals surface area contributed by atoms with Crippen LogP contribution >= 0.6 is 0 Å². The molecule has 0 aliphatic carbocycles. The molecule has 1 N–H and O–H groups in total. The molecular formula is C12H21N5O3S. The topological polar surface area (TPSA) is 87.7 Å². The molecule has 9 heteroatoms. The number of piperidine rings is 1. The van der Waals surface area contributed by atoms with Gasteiger partial charge in [0.15, 0.2) is 5.82 Å². The van der Waals surface area contributed by atoms with E-state index in [1.807, 2.05) is 0 Å². The molecule has 1 aliphatic heterocycles. The normalized spacial score (nSPS) is 17.9. The van der Waals surface area contributed by atoms with Gasteiger partial charge in [0.2, 0.25) is 0 Å². The van der Waals surface area contributed by atoms with Crippen molar-refractivity contribution in [3.8, 4) is 5.88 Å². The van der Waals surface area contributed by atoms with Crippen molar-refractivity contribution in [1.82, 2.24) is 18.6 Å². The Hall–Kier alpha value is -1.45. The van der Waals surface area contributed by atoms with Gasteiger partial charge in [0.25, 0.3) is 16.1 Å². The fraction of sp³-hybridized carbons (Fsp3) is 0.667. The van der Waals surface area contributed by atoms with Gasteiger partial charge in [-0.25, -0.2) is 9.97 Å². The van der Waals surface area contributed by atoms with Crippen molar-refractivity contribution in [2.45, 2.75) is 18.9 Å². The molecule has 21 heavy (non-hydrogen) atoms. The first-order chi connectivity index (χ1) is 9.95. The fourth-order valence-electron chi connectivity index (χ4n) is 2.23. The zero-order valence-corrected chi connectivity index (χ0v) is 13.3. The van der Waals surface area contributed by atoms with Crippen LogP contribution in [0.2, 0.25) is 0 Å². The maximum absolute atomic E-state index is 12.0. The van der Waals surface area contributed by atoms with Crippen molar-refractivity contribution in [3.05, 3.63) is 12.4 Å². The Morgan fingerprint density at radius 1 is 1.29 bits per heavy atom. The molecule has 0 aromatic carbocycles. The summed E-state index contributed by atoms with van der Waals surface area (Å²) in [5.41, 5.74) is 0. The third kappa shape index (κ3) is 3.60. The van der Waals surface area contributed by atoms with E-state index < -0.39 is 10.2 Å². The van der Waals surface area contributed by atoms with Gasteiger partial charge in [0, 0.05) is 45.6 Å². The molecule has 2 rings (SSSR count). The maximum Gasteiger partial charge on any atom is 0.281 e. The fourth-order valence-corrected chi connectivity index (χ4v) is 3.36. The molecule has 0 unspecified atom stereocenters. The third-order valence-corrected chi connectivity index (χ3v) is 5.38. The highest BCUT2D eigenvalue weighted by molar-refractivity contribution is 7.86. The predicted octanol–water partition coefficient (Wildman–Crippen LogP) is 0.168. The quantitative estimate of drug-likeness (QED) is 0.833. The van der Waals surface area contributed by atoms with E-state index in [1.165, 1.54) is 8.61 Å². The van der Waals surface area contributed by atoms with E-state index in [1.54, 1.807) is 33.6 Å². The second-order valence-electron chi connectivity index (χ2n) is 5.02. The molecule has 0 saturated carbocycles. The highest BCUT2D eigenvalue weighted by atomic mass is 32.2. The molecule has 1 aliphatic rings. The second-order valence-corrected chi connectivity index (χ2v) is 7.16. The van der Waals surface area contributed by atoms with Crippen LogP contribution in [0.3, 0.4) is 0 Å². The minimum absolute atomic E-state index is 0.157. The summed E-state index contributed by atoms with van der Waals surface area (Å²) in [4.78, 5) is 8.28. The largest absolute Gasteiger partial charge is 0.478 e. The maximum atomic E-state index is 12.0. The molecule has 0 spiro atoms. The van der Waals surface area contributed by atoms with Crippen LogP contribution in [-0.4, -0.2) is 67.3 Å². The van der Waals surface area contributed by atoms with E-state index >= 15 is 0 Å². The predicted molar refractivity (Wildman–Crippen MR) is 79.4 cm³/mol. The van der Waals surface area contributed by atoms with Gasteiger partial charge in [0.1, 0.15) is 0 Å². The first kappa shape index (κ1) is 15.9. The molecule has 0 amide bonds. The minimum atomic E-state index is -3.32. The van der Waals surface area contributed by atoms with Gasteiger partial charge < -0.3 is 10.1 Å². The number of ether oxygens (including phenoxy) is 1. The zero-order chi connectivity index (χ0) is 15.5. The number of nitrogens with one attached hydrogen (secondary N) is 1. The number of hydrogen-bond acceptors (Lipinski definition) is 6. The van der Waals surface area contributed by atoms with Crippen LogP contribution in [0.15, 0.2) is 12.4 Å². The first-order valence-corrected chi connectivity index (χ1v) is 8.14. The van der Waals surface area contributed by atoms with Crippen LogP contribution in [0.4, 0.5) is 5.82 Å². The zero-order valence-electron chi connectivity index (χ0n) is 12.5. The van der Waals surface area contributed by atoms with E-state index in [9.17, 15) is 8.42 Å². The molecule has 118 valence electrons. The highest BCUT2D eigenvalue weighted by Crippen LogP contribution is 2.22. The standard InChI is InChI=1S/C12H21N5O3S/c1-16(2)21(18,19)17-8-4-10(5-9-17)15-11-12(20-3)14-7-6-13-11/h6-7,10H,4-5,8-9H2,1-3H3,(H,13,15). The second kappa shape index (κ2) is 6.54. The Bertz CT molecular complexity index is 570. The monoisotopic (exact) mass is 315 g/mol. The lowest BCUT2D eigenvalue weighted by molar-refractivity contribution is 0.310. The van der Waals surface area contributed by atoms with Crippen LogP contribution in [0, 0.1) is 0 Å². The average Bonchev–Trinajstić information content (AvgIpc) is 2.48. The van der Waals surface area contributed by atoms with Crippen LogP contribution in [-0.2, 0) is 10.2 Å².